The van der Waals surface area contributed by atoms with Crippen LogP contribution in [0.4, 0.5) is 0 Å². The van der Waals surface area contributed by atoms with Crippen LogP contribution in [0.2, 0.25) is 5.02 Å². The van der Waals surface area contributed by atoms with Gasteiger partial charge in [0.15, 0.2) is 0 Å². The largest absolute Gasteiger partial charge is 0.309 e. The highest BCUT2D eigenvalue weighted by molar-refractivity contribution is 7.25. The van der Waals surface area contributed by atoms with Gasteiger partial charge < -0.3 is 4.57 Å². The van der Waals surface area contributed by atoms with E-state index in [0.717, 1.165) is 32.5 Å². The highest BCUT2D eigenvalue weighted by Gasteiger charge is 2.18. The second-order valence-corrected chi connectivity index (χ2v) is 11.0. The summed E-state index contributed by atoms with van der Waals surface area (Å²) in [4.78, 5) is 0. The molecule has 0 aliphatic rings. The van der Waals surface area contributed by atoms with Crippen LogP contribution in [0.15, 0.2) is 121 Å². The molecule has 0 aliphatic heterocycles. The molecule has 2 heterocycles. The van der Waals surface area contributed by atoms with E-state index in [-0.39, 0.29) is 0 Å². The van der Waals surface area contributed by atoms with Crippen molar-refractivity contribution in [3.8, 4) is 16.8 Å². The van der Waals surface area contributed by atoms with Crippen LogP contribution in [-0.4, -0.2) is 4.57 Å². The highest BCUT2D eigenvalue weighted by Crippen LogP contribution is 2.42. The summed E-state index contributed by atoms with van der Waals surface area (Å²) in [5, 5.41) is 8.04. The van der Waals surface area contributed by atoms with E-state index < -0.39 is 0 Å². The van der Waals surface area contributed by atoms with Crippen LogP contribution >= 0.6 is 22.9 Å². The van der Waals surface area contributed by atoms with E-state index in [4.69, 9.17) is 11.6 Å². The van der Waals surface area contributed by atoms with Crippen LogP contribution in [-0.2, 0) is 0 Å². The van der Waals surface area contributed by atoms with Gasteiger partial charge in [0.2, 0.25) is 0 Å². The van der Waals surface area contributed by atoms with Crippen LogP contribution in [0, 0.1) is 0 Å². The van der Waals surface area contributed by atoms with E-state index in [2.05, 4.69) is 126 Å². The van der Waals surface area contributed by atoms with Crippen molar-refractivity contribution in [1.29, 1.82) is 0 Å². The highest BCUT2D eigenvalue weighted by atomic mass is 35.5. The molecule has 3 heteroatoms. The molecule has 0 fully saturated rings. The Bertz CT molecular complexity index is 2150. The molecule has 174 valence electrons. The second-order valence-electron chi connectivity index (χ2n) is 9.52. The number of aromatic nitrogens is 1. The molecule has 8 aromatic rings. The standard InChI is InChI=1S/C34H20ClNS/c35-29-19-23-8-4-5-11-25(23)34-33(29)27-16-14-22(20-30(27)36(34)24-9-2-1-3-10-24)21-15-17-32-28(18-21)26-12-6-7-13-31(26)37-32/h1-20H. The molecule has 37 heavy (non-hydrogen) atoms. The van der Waals surface area contributed by atoms with Gasteiger partial charge in [-0.3, -0.25) is 0 Å². The molecular weight excluding hydrogens is 490 g/mol. The lowest BCUT2D eigenvalue weighted by molar-refractivity contribution is 1.19. The molecule has 0 spiro atoms. The van der Waals surface area contributed by atoms with Crippen LogP contribution in [0.3, 0.4) is 0 Å². The average Bonchev–Trinajstić information content (AvgIpc) is 3.49. The van der Waals surface area contributed by atoms with Crippen molar-refractivity contribution < 1.29 is 0 Å². The molecule has 0 unspecified atom stereocenters. The second kappa shape index (κ2) is 7.94. The third-order valence-corrected chi connectivity index (χ3v) is 8.88. The molecule has 6 aromatic carbocycles. The maximum Gasteiger partial charge on any atom is 0.0634 e. The Morgan fingerprint density at radius 2 is 1.24 bits per heavy atom. The Kier molecular flexibility index (Phi) is 4.51. The van der Waals surface area contributed by atoms with Crippen LogP contribution in [0.1, 0.15) is 0 Å². The van der Waals surface area contributed by atoms with E-state index in [1.807, 2.05) is 11.3 Å². The minimum Gasteiger partial charge on any atom is -0.309 e. The number of rotatable bonds is 2. The van der Waals surface area contributed by atoms with Crippen LogP contribution < -0.4 is 0 Å². The Hall–Kier alpha value is -4.11. The first-order valence-corrected chi connectivity index (χ1v) is 13.6. The van der Waals surface area contributed by atoms with Gasteiger partial charge in [-0.2, -0.15) is 0 Å². The quantitative estimate of drug-likeness (QED) is 0.218. The molecule has 0 atom stereocenters. The van der Waals surface area contributed by atoms with Crippen molar-refractivity contribution in [1.82, 2.24) is 4.57 Å². The molecule has 0 saturated carbocycles. The summed E-state index contributed by atoms with van der Waals surface area (Å²) in [6.07, 6.45) is 0. The minimum absolute atomic E-state index is 0.785. The fourth-order valence-corrected chi connectivity index (χ4v) is 7.16. The lowest BCUT2D eigenvalue weighted by Crippen LogP contribution is -1.94. The topological polar surface area (TPSA) is 4.93 Å². The number of para-hydroxylation sites is 1. The summed E-state index contributed by atoms with van der Waals surface area (Å²) < 4.78 is 5.03. The molecule has 0 radical (unpaired) electrons. The van der Waals surface area contributed by atoms with Gasteiger partial charge in [-0.15, -0.1) is 11.3 Å². The van der Waals surface area contributed by atoms with Crippen molar-refractivity contribution in [3.05, 3.63) is 126 Å². The zero-order chi connectivity index (χ0) is 24.5. The fourth-order valence-electron chi connectivity index (χ4n) is 5.76. The van der Waals surface area contributed by atoms with E-state index in [9.17, 15) is 0 Å². The molecule has 0 bridgehead atoms. The number of hydrogen-bond acceptors (Lipinski definition) is 1. The first-order valence-electron chi connectivity index (χ1n) is 12.4. The van der Waals surface area contributed by atoms with Crippen molar-refractivity contribution >= 4 is 75.7 Å². The summed E-state index contributed by atoms with van der Waals surface area (Å²) >= 11 is 8.82. The lowest BCUT2D eigenvalue weighted by atomic mass is 10.0. The van der Waals surface area contributed by atoms with E-state index in [0.29, 0.717) is 0 Å². The molecule has 0 saturated heterocycles. The maximum absolute atomic E-state index is 6.97. The summed E-state index contributed by atoms with van der Waals surface area (Å²) in [7, 11) is 0. The fraction of sp³-hybridized carbons (Fsp3) is 0. The van der Waals surface area contributed by atoms with E-state index in [1.165, 1.54) is 42.1 Å². The summed E-state index contributed by atoms with van der Waals surface area (Å²) in [5.41, 5.74) is 5.86. The van der Waals surface area contributed by atoms with Gasteiger partial charge in [0.1, 0.15) is 0 Å². The zero-order valence-corrected chi connectivity index (χ0v) is 21.4. The first-order chi connectivity index (χ1) is 18.3. The summed E-state index contributed by atoms with van der Waals surface area (Å²) in [6, 6.07) is 43.5. The Morgan fingerprint density at radius 1 is 0.541 bits per heavy atom. The molecular formula is C34H20ClNS. The summed E-state index contributed by atoms with van der Waals surface area (Å²) in [6.45, 7) is 0. The van der Waals surface area contributed by atoms with Gasteiger partial charge in [-0.25, -0.2) is 0 Å². The van der Waals surface area contributed by atoms with Crippen molar-refractivity contribution in [2.45, 2.75) is 0 Å². The molecule has 1 nitrogen and oxygen atoms in total. The van der Waals surface area contributed by atoms with Crippen LogP contribution in [0.25, 0.3) is 69.6 Å². The third kappa shape index (κ3) is 3.10. The van der Waals surface area contributed by atoms with Gasteiger partial charge in [0.05, 0.1) is 16.1 Å². The number of fused-ring (bicyclic) bond motifs is 8. The van der Waals surface area contributed by atoms with E-state index >= 15 is 0 Å². The van der Waals surface area contributed by atoms with Crippen molar-refractivity contribution in [3.63, 3.8) is 0 Å². The average molecular weight is 510 g/mol. The Morgan fingerprint density at radius 3 is 2.14 bits per heavy atom. The Labute approximate surface area is 222 Å². The van der Waals surface area contributed by atoms with Crippen molar-refractivity contribution in [2.75, 3.05) is 0 Å². The van der Waals surface area contributed by atoms with Gasteiger partial charge in [0.25, 0.3) is 0 Å². The number of thiophene rings is 1. The van der Waals surface area contributed by atoms with Gasteiger partial charge in [-0.05, 0) is 59.0 Å². The monoisotopic (exact) mass is 509 g/mol. The van der Waals surface area contributed by atoms with Gasteiger partial charge in [0, 0.05) is 42.0 Å². The lowest BCUT2D eigenvalue weighted by Gasteiger charge is -2.11. The summed E-state index contributed by atoms with van der Waals surface area (Å²) in [5.74, 6) is 0. The predicted octanol–water partition coefficient (Wildman–Crippen LogP) is 10.6. The third-order valence-electron chi connectivity index (χ3n) is 7.43. The number of halogens is 1. The normalized spacial score (nSPS) is 11.9. The van der Waals surface area contributed by atoms with E-state index in [1.54, 1.807) is 0 Å². The van der Waals surface area contributed by atoms with Gasteiger partial charge in [-0.1, -0.05) is 90.5 Å². The molecule has 0 aliphatic carbocycles. The van der Waals surface area contributed by atoms with Crippen molar-refractivity contribution in [2.24, 2.45) is 0 Å². The smallest absolute Gasteiger partial charge is 0.0634 e. The minimum atomic E-state index is 0.785. The number of benzene rings is 6. The molecule has 2 aromatic heterocycles. The van der Waals surface area contributed by atoms with Crippen LogP contribution in [0.5, 0.6) is 0 Å². The maximum atomic E-state index is 6.97. The predicted molar refractivity (Wildman–Crippen MR) is 162 cm³/mol. The Balaban J connectivity index is 1.47. The zero-order valence-electron chi connectivity index (χ0n) is 19.8. The first kappa shape index (κ1) is 21.0. The molecule has 8 rings (SSSR count). The molecule has 0 N–H and O–H groups in total. The number of nitrogens with zero attached hydrogens (tertiary/aromatic N) is 1. The SMILES string of the molecule is Clc1cc2ccccc2c2c1c1ccc(-c3ccc4sc5ccccc5c4c3)cc1n2-c1ccccc1. The number of hydrogen-bond donors (Lipinski definition) is 0. The molecule has 0 amide bonds. The van der Waals surface area contributed by atoms with Gasteiger partial charge >= 0.3 is 0 Å².